The first-order valence-electron chi connectivity index (χ1n) is 21.7. The minimum absolute atomic E-state index is 0.0396. The predicted molar refractivity (Wildman–Crippen MR) is 222 cm³/mol. The molecule has 2 atom stereocenters. The van der Waals surface area contributed by atoms with E-state index in [4.69, 9.17) is 18.5 Å². The van der Waals surface area contributed by atoms with E-state index in [0.717, 1.165) is 44.9 Å². The Labute approximate surface area is 331 Å². The Morgan fingerprint density at radius 1 is 0.574 bits per heavy atom. The van der Waals surface area contributed by atoms with E-state index in [0.29, 0.717) is 23.9 Å². The van der Waals surface area contributed by atoms with Crippen LogP contribution >= 0.6 is 7.82 Å². The van der Waals surface area contributed by atoms with Crippen molar-refractivity contribution in [1.29, 1.82) is 0 Å². The van der Waals surface area contributed by atoms with Crippen LogP contribution in [-0.4, -0.2) is 70.0 Å². The zero-order chi connectivity index (χ0) is 40.0. The van der Waals surface area contributed by atoms with E-state index in [9.17, 15) is 19.0 Å². The molecule has 316 valence electrons. The van der Waals surface area contributed by atoms with Crippen molar-refractivity contribution in [2.24, 2.45) is 0 Å². The highest BCUT2D eigenvalue weighted by molar-refractivity contribution is 7.45. The molecule has 0 aliphatic heterocycles. The zero-order valence-electron chi connectivity index (χ0n) is 35.4. The van der Waals surface area contributed by atoms with Crippen LogP contribution in [0.1, 0.15) is 181 Å². The summed E-state index contributed by atoms with van der Waals surface area (Å²) in [7, 11) is 1.13. The molecule has 0 fully saturated rings. The summed E-state index contributed by atoms with van der Waals surface area (Å²) in [5.74, 6) is -0.898. The molecule has 0 aromatic carbocycles. The van der Waals surface area contributed by atoms with E-state index in [1.165, 1.54) is 96.3 Å². The van der Waals surface area contributed by atoms with E-state index in [-0.39, 0.29) is 26.1 Å². The average Bonchev–Trinajstić information content (AvgIpc) is 3.12. The van der Waals surface area contributed by atoms with Gasteiger partial charge >= 0.3 is 11.9 Å². The van der Waals surface area contributed by atoms with Gasteiger partial charge in [-0.05, 0) is 70.6 Å². The van der Waals surface area contributed by atoms with Crippen molar-refractivity contribution in [1.82, 2.24) is 0 Å². The van der Waals surface area contributed by atoms with E-state index < -0.39 is 32.5 Å². The molecule has 0 amide bonds. The number of carbonyl (C=O) groups excluding carboxylic acids is 2. The summed E-state index contributed by atoms with van der Waals surface area (Å²) in [5, 5.41) is 0. The standard InChI is InChI=1S/C44H82NO8P/c1-6-8-10-12-14-16-18-20-22-24-26-28-30-32-34-36-43(46)50-40-42(41-52-54(48,49)51-39-38-45(3,4)5)53-44(47)37-35-33-31-29-27-25-23-21-19-17-15-13-11-9-7-2/h21,23,26-29,42H,6-20,22,24-25,30-41H2,1-5H3/b23-21+,28-26+,29-27+/t42-/m1/s1. The number of likely N-dealkylation sites (N-methyl/N-ethyl adjacent to an activating group) is 1. The number of phosphoric ester groups is 1. The summed E-state index contributed by atoms with van der Waals surface area (Å²) in [6.07, 6.45) is 40.3. The first-order chi connectivity index (χ1) is 26.0. The topological polar surface area (TPSA) is 111 Å². The molecule has 0 aromatic rings. The normalized spacial score (nSPS) is 14.0. The second-order valence-corrected chi connectivity index (χ2v) is 17.1. The Morgan fingerprint density at radius 2 is 1.00 bits per heavy atom. The molecule has 0 aromatic heterocycles. The molecule has 10 heteroatoms. The van der Waals surface area contributed by atoms with Crippen molar-refractivity contribution in [2.45, 2.75) is 187 Å². The molecule has 0 spiro atoms. The van der Waals surface area contributed by atoms with Crippen LogP contribution in [0.5, 0.6) is 0 Å². The summed E-state index contributed by atoms with van der Waals surface area (Å²) in [6, 6.07) is 0. The smallest absolute Gasteiger partial charge is 0.306 e. The van der Waals surface area contributed by atoms with Crippen LogP contribution in [0.15, 0.2) is 36.5 Å². The van der Waals surface area contributed by atoms with Crippen molar-refractivity contribution in [3.8, 4) is 0 Å². The first-order valence-corrected chi connectivity index (χ1v) is 23.2. The zero-order valence-corrected chi connectivity index (χ0v) is 36.3. The molecular weight excluding hydrogens is 701 g/mol. The van der Waals surface area contributed by atoms with Crippen molar-refractivity contribution in [3.05, 3.63) is 36.5 Å². The highest BCUT2D eigenvalue weighted by Crippen LogP contribution is 2.38. The van der Waals surface area contributed by atoms with Crippen LogP contribution in [0.4, 0.5) is 0 Å². The van der Waals surface area contributed by atoms with E-state index in [1.54, 1.807) is 0 Å². The van der Waals surface area contributed by atoms with Gasteiger partial charge < -0.3 is 27.9 Å². The molecule has 0 bridgehead atoms. The average molecular weight is 784 g/mol. The summed E-state index contributed by atoms with van der Waals surface area (Å²) in [6.45, 7) is 4.15. The molecule has 0 aliphatic carbocycles. The van der Waals surface area contributed by atoms with Gasteiger partial charge in [-0.25, -0.2) is 0 Å². The number of hydrogen-bond acceptors (Lipinski definition) is 8. The van der Waals surface area contributed by atoms with Gasteiger partial charge in [-0.2, -0.15) is 0 Å². The van der Waals surface area contributed by atoms with Gasteiger partial charge in [0.05, 0.1) is 27.7 Å². The SMILES string of the molecule is CCCCCCCC/C=C/C/C=C/CCCCC(=O)O[C@H](COC(=O)CCCC/C=C/CCCCCCCCCCC)COP(=O)([O-])OCC[N+](C)(C)C. The Balaban J connectivity index is 4.45. The predicted octanol–water partition coefficient (Wildman–Crippen LogP) is 11.5. The molecule has 0 aliphatic rings. The number of nitrogens with zero attached hydrogens (tertiary/aromatic N) is 1. The molecule has 0 saturated heterocycles. The maximum atomic E-state index is 12.6. The number of quaternary nitrogens is 1. The summed E-state index contributed by atoms with van der Waals surface area (Å²) >= 11 is 0. The van der Waals surface area contributed by atoms with Gasteiger partial charge in [-0.1, -0.05) is 134 Å². The highest BCUT2D eigenvalue weighted by atomic mass is 31.2. The lowest BCUT2D eigenvalue weighted by Gasteiger charge is -2.28. The third kappa shape index (κ3) is 39.9. The lowest BCUT2D eigenvalue weighted by Crippen LogP contribution is -2.37. The van der Waals surface area contributed by atoms with E-state index >= 15 is 0 Å². The second-order valence-electron chi connectivity index (χ2n) is 15.7. The van der Waals surface area contributed by atoms with Crippen molar-refractivity contribution < 1.29 is 42.1 Å². The molecule has 0 saturated carbocycles. The minimum atomic E-state index is -4.63. The molecular formula is C44H82NO8P. The van der Waals surface area contributed by atoms with Crippen molar-refractivity contribution >= 4 is 19.8 Å². The molecule has 0 radical (unpaired) electrons. The number of rotatable bonds is 39. The molecule has 0 heterocycles. The van der Waals surface area contributed by atoms with Gasteiger partial charge in [0.15, 0.2) is 6.10 Å². The monoisotopic (exact) mass is 784 g/mol. The Kier molecular flexibility index (Phi) is 35.6. The number of hydrogen-bond donors (Lipinski definition) is 0. The van der Waals surface area contributed by atoms with Crippen LogP contribution in [0, 0.1) is 0 Å². The van der Waals surface area contributed by atoms with Crippen molar-refractivity contribution in [2.75, 3.05) is 47.5 Å². The van der Waals surface area contributed by atoms with Gasteiger partial charge in [-0.15, -0.1) is 0 Å². The van der Waals surface area contributed by atoms with Gasteiger partial charge in [0.2, 0.25) is 0 Å². The fraction of sp³-hybridized carbons (Fsp3) is 0.818. The van der Waals surface area contributed by atoms with Crippen LogP contribution in [0.25, 0.3) is 0 Å². The van der Waals surface area contributed by atoms with E-state index in [1.807, 2.05) is 21.1 Å². The van der Waals surface area contributed by atoms with Crippen LogP contribution in [0.2, 0.25) is 0 Å². The number of unbranched alkanes of at least 4 members (excludes halogenated alkanes) is 19. The summed E-state index contributed by atoms with van der Waals surface area (Å²) in [4.78, 5) is 37.4. The fourth-order valence-electron chi connectivity index (χ4n) is 5.68. The van der Waals surface area contributed by atoms with Gasteiger partial charge in [0, 0.05) is 12.8 Å². The lowest BCUT2D eigenvalue weighted by atomic mass is 10.1. The van der Waals surface area contributed by atoms with Gasteiger partial charge in [0.25, 0.3) is 7.82 Å². The van der Waals surface area contributed by atoms with Crippen molar-refractivity contribution in [3.63, 3.8) is 0 Å². The maximum absolute atomic E-state index is 12.6. The third-order valence-electron chi connectivity index (χ3n) is 9.13. The number of phosphoric acid groups is 1. The molecule has 1 unspecified atom stereocenters. The second kappa shape index (κ2) is 36.8. The third-order valence-corrected chi connectivity index (χ3v) is 10.1. The highest BCUT2D eigenvalue weighted by Gasteiger charge is 2.21. The Hall–Kier alpha value is -1.77. The summed E-state index contributed by atoms with van der Waals surface area (Å²) < 4.78 is 33.8. The quantitative estimate of drug-likeness (QED) is 0.0199. The maximum Gasteiger partial charge on any atom is 0.306 e. The minimum Gasteiger partial charge on any atom is -0.756 e. The van der Waals surface area contributed by atoms with Crippen LogP contribution in [0.3, 0.4) is 0 Å². The molecule has 0 N–H and O–H groups in total. The Morgan fingerprint density at radius 3 is 1.48 bits per heavy atom. The molecule has 0 rings (SSSR count). The number of allylic oxidation sites excluding steroid dienone is 6. The lowest BCUT2D eigenvalue weighted by molar-refractivity contribution is -0.870. The molecule has 54 heavy (non-hydrogen) atoms. The number of esters is 2. The van der Waals surface area contributed by atoms with Crippen LogP contribution in [-0.2, 0) is 32.7 Å². The van der Waals surface area contributed by atoms with Gasteiger partial charge in [0.1, 0.15) is 19.8 Å². The number of ether oxygens (including phenoxy) is 2. The fourth-order valence-corrected chi connectivity index (χ4v) is 6.41. The summed E-state index contributed by atoms with van der Waals surface area (Å²) in [5.41, 5.74) is 0. The van der Waals surface area contributed by atoms with Crippen LogP contribution < -0.4 is 4.89 Å². The number of carbonyl (C=O) groups is 2. The largest absolute Gasteiger partial charge is 0.756 e. The van der Waals surface area contributed by atoms with E-state index in [2.05, 4.69) is 50.3 Å². The molecule has 9 nitrogen and oxygen atoms in total. The van der Waals surface area contributed by atoms with Gasteiger partial charge in [-0.3, -0.25) is 14.2 Å². The first kappa shape index (κ1) is 52.2. The Bertz CT molecular complexity index is 1020.